The van der Waals surface area contributed by atoms with Gasteiger partial charge in [-0.2, -0.15) is 4.31 Å². The Bertz CT molecular complexity index is 575. The van der Waals surface area contributed by atoms with Gasteiger partial charge in [-0.05, 0) is 44.1 Å². The first-order valence-corrected chi connectivity index (χ1v) is 8.31. The molecule has 0 bridgehead atoms. The Morgan fingerprint density at radius 2 is 1.95 bits per heavy atom. The first-order chi connectivity index (χ1) is 9.46. The van der Waals surface area contributed by atoms with Crippen molar-refractivity contribution in [1.29, 1.82) is 0 Å². The van der Waals surface area contributed by atoms with E-state index in [1.54, 1.807) is 19.2 Å². The van der Waals surface area contributed by atoms with Gasteiger partial charge in [0, 0.05) is 18.1 Å². The van der Waals surface area contributed by atoms with Gasteiger partial charge in [0.2, 0.25) is 10.0 Å². The smallest absolute Gasteiger partial charge is 0.246 e. The fraction of sp³-hybridized carbons (Fsp3) is 0.538. The number of hydrogen-bond acceptors (Lipinski definition) is 4. The fourth-order valence-corrected chi connectivity index (χ4v) is 4.21. The highest BCUT2D eigenvalue weighted by molar-refractivity contribution is 7.89. The number of methoxy groups -OCH3 is 1. The standard InChI is InChI=1S/C13H19ClN2O3S.ClH/c1-16(11-5-7-15-8-6-11)20(17,18)13-9-10(14)3-4-12(13)19-2;/h3-4,9,11,15H,5-8H2,1-2H3;1H. The van der Waals surface area contributed by atoms with Crippen molar-refractivity contribution in [2.24, 2.45) is 0 Å². The van der Waals surface area contributed by atoms with Crippen molar-refractivity contribution in [3.63, 3.8) is 0 Å². The van der Waals surface area contributed by atoms with Gasteiger partial charge >= 0.3 is 0 Å². The lowest BCUT2D eigenvalue weighted by Gasteiger charge is -2.31. The molecule has 1 saturated heterocycles. The minimum absolute atomic E-state index is 0. The van der Waals surface area contributed by atoms with Crippen LogP contribution in [0.25, 0.3) is 0 Å². The van der Waals surface area contributed by atoms with Crippen LogP contribution in [-0.2, 0) is 10.0 Å². The fourth-order valence-electron chi connectivity index (χ4n) is 2.37. The van der Waals surface area contributed by atoms with E-state index in [1.807, 2.05) is 0 Å². The largest absolute Gasteiger partial charge is 0.495 e. The molecule has 1 aliphatic heterocycles. The summed E-state index contributed by atoms with van der Waals surface area (Å²) in [4.78, 5) is 0.119. The molecule has 0 aliphatic carbocycles. The predicted octanol–water partition coefficient (Wildman–Crippen LogP) is 2.14. The molecule has 1 N–H and O–H groups in total. The van der Waals surface area contributed by atoms with Gasteiger partial charge in [-0.15, -0.1) is 12.4 Å². The molecule has 1 aromatic rings. The Balaban J connectivity index is 0.00000220. The van der Waals surface area contributed by atoms with E-state index in [4.69, 9.17) is 16.3 Å². The molecular formula is C13H20Cl2N2O3S. The van der Waals surface area contributed by atoms with Gasteiger partial charge in [-0.3, -0.25) is 0 Å². The zero-order valence-electron chi connectivity index (χ0n) is 12.0. The maximum Gasteiger partial charge on any atom is 0.246 e. The Labute approximate surface area is 137 Å². The number of halogens is 2. The lowest BCUT2D eigenvalue weighted by atomic mass is 10.1. The summed E-state index contributed by atoms with van der Waals surface area (Å²) in [5.74, 6) is 0.315. The highest BCUT2D eigenvalue weighted by atomic mass is 35.5. The monoisotopic (exact) mass is 354 g/mol. The summed E-state index contributed by atoms with van der Waals surface area (Å²) in [6, 6.07) is 4.63. The Morgan fingerprint density at radius 1 is 1.33 bits per heavy atom. The summed E-state index contributed by atoms with van der Waals surface area (Å²) in [6.45, 7) is 1.66. The van der Waals surface area contributed by atoms with E-state index in [0.29, 0.717) is 10.8 Å². The second-order valence-electron chi connectivity index (χ2n) is 4.80. The number of ether oxygens (including phenoxy) is 1. The third-order valence-electron chi connectivity index (χ3n) is 3.61. The molecule has 0 saturated carbocycles. The molecule has 5 nitrogen and oxygen atoms in total. The minimum atomic E-state index is -3.61. The van der Waals surface area contributed by atoms with Crippen molar-refractivity contribution in [2.45, 2.75) is 23.8 Å². The molecular weight excluding hydrogens is 335 g/mol. The van der Waals surface area contributed by atoms with Crippen molar-refractivity contribution in [2.75, 3.05) is 27.2 Å². The van der Waals surface area contributed by atoms with Gasteiger partial charge in [-0.1, -0.05) is 11.6 Å². The summed E-state index contributed by atoms with van der Waals surface area (Å²) in [5, 5.41) is 3.60. The predicted molar refractivity (Wildman–Crippen MR) is 86.1 cm³/mol. The van der Waals surface area contributed by atoms with Crippen LogP contribution in [0.1, 0.15) is 12.8 Å². The van der Waals surface area contributed by atoms with E-state index in [2.05, 4.69) is 5.32 Å². The van der Waals surface area contributed by atoms with Gasteiger partial charge in [0.25, 0.3) is 0 Å². The molecule has 0 unspecified atom stereocenters. The average Bonchev–Trinajstić information content (AvgIpc) is 2.47. The van der Waals surface area contributed by atoms with Gasteiger partial charge in [0.15, 0.2) is 0 Å². The number of rotatable bonds is 4. The summed E-state index contributed by atoms with van der Waals surface area (Å²) < 4.78 is 32.0. The van der Waals surface area contributed by atoms with Crippen LogP contribution in [0.15, 0.2) is 23.1 Å². The molecule has 1 aliphatic rings. The van der Waals surface area contributed by atoms with E-state index < -0.39 is 10.0 Å². The molecule has 2 rings (SSSR count). The normalized spacial score (nSPS) is 16.6. The number of piperidine rings is 1. The topological polar surface area (TPSA) is 58.6 Å². The highest BCUT2D eigenvalue weighted by Gasteiger charge is 2.31. The van der Waals surface area contributed by atoms with Crippen LogP contribution in [0.2, 0.25) is 5.02 Å². The Morgan fingerprint density at radius 3 is 2.52 bits per heavy atom. The second kappa shape index (κ2) is 7.65. The van der Waals surface area contributed by atoms with Gasteiger partial charge < -0.3 is 10.1 Å². The maximum absolute atomic E-state index is 12.7. The number of sulfonamides is 1. The van der Waals surface area contributed by atoms with Crippen LogP contribution in [-0.4, -0.2) is 46.0 Å². The molecule has 0 amide bonds. The molecule has 0 radical (unpaired) electrons. The second-order valence-corrected chi connectivity index (χ2v) is 7.20. The van der Waals surface area contributed by atoms with Gasteiger partial charge in [0.05, 0.1) is 7.11 Å². The lowest BCUT2D eigenvalue weighted by molar-refractivity contribution is 0.295. The molecule has 120 valence electrons. The van der Waals surface area contributed by atoms with Crippen molar-refractivity contribution < 1.29 is 13.2 Å². The molecule has 0 aromatic heterocycles. The van der Waals surface area contributed by atoms with Gasteiger partial charge in [0.1, 0.15) is 10.6 Å². The summed E-state index contributed by atoms with van der Waals surface area (Å²) in [6.07, 6.45) is 1.61. The van der Waals surface area contributed by atoms with Crippen LogP contribution in [0.4, 0.5) is 0 Å². The van der Waals surface area contributed by atoms with Crippen molar-refractivity contribution in [1.82, 2.24) is 9.62 Å². The summed E-state index contributed by atoms with van der Waals surface area (Å²) in [5.41, 5.74) is 0. The minimum Gasteiger partial charge on any atom is -0.495 e. The SMILES string of the molecule is COc1ccc(Cl)cc1S(=O)(=O)N(C)C1CCNCC1.Cl. The van der Waals surface area contributed by atoms with Crippen molar-refractivity contribution in [3.8, 4) is 5.75 Å². The highest BCUT2D eigenvalue weighted by Crippen LogP contribution is 2.30. The number of nitrogens with one attached hydrogen (secondary N) is 1. The van der Waals surface area contributed by atoms with Crippen LogP contribution >= 0.6 is 24.0 Å². The molecule has 0 spiro atoms. The van der Waals surface area contributed by atoms with E-state index in [9.17, 15) is 8.42 Å². The Kier molecular flexibility index (Phi) is 6.74. The van der Waals surface area contributed by atoms with E-state index in [1.165, 1.54) is 17.5 Å². The molecule has 21 heavy (non-hydrogen) atoms. The number of hydrogen-bond donors (Lipinski definition) is 1. The van der Waals surface area contributed by atoms with Crippen molar-refractivity contribution in [3.05, 3.63) is 23.2 Å². The molecule has 1 fully saturated rings. The van der Waals surface area contributed by atoms with E-state index >= 15 is 0 Å². The molecule has 1 aromatic carbocycles. The lowest BCUT2D eigenvalue weighted by Crippen LogP contribution is -2.43. The molecule has 8 heteroatoms. The molecule has 1 heterocycles. The summed E-state index contributed by atoms with van der Waals surface area (Å²) >= 11 is 5.92. The van der Waals surface area contributed by atoms with Crippen LogP contribution < -0.4 is 10.1 Å². The number of benzene rings is 1. The quantitative estimate of drug-likeness (QED) is 0.899. The average molecular weight is 355 g/mol. The van der Waals surface area contributed by atoms with Crippen molar-refractivity contribution >= 4 is 34.0 Å². The third kappa shape index (κ3) is 4.02. The first kappa shape index (κ1) is 18.5. The van der Waals surface area contributed by atoms with Crippen LogP contribution in [0.5, 0.6) is 5.75 Å². The molecule has 0 atom stereocenters. The zero-order chi connectivity index (χ0) is 14.8. The Hall–Kier alpha value is -0.530. The third-order valence-corrected chi connectivity index (χ3v) is 5.77. The van der Waals surface area contributed by atoms with Gasteiger partial charge in [-0.25, -0.2) is 8.42 Å². The van der Waals surface area contributed by atoms with E-state index in [0.717, 1.165) is 25.9 Å². The zero-order valence-corrected chi connectivity index (χ0v) is 14.4. The van der Waals surface area contributed by atoms with E-state index in [-0.39, 0.29) is 23.3 Å². The van der Waals surface area contributed by atoms with Crippen LogP contribution in [0, 0.1) is 0 Å². The van der Waals surface area contributed by atoms with Crippen LogP contribution in [0.3, 0.4) is 0 Å². The first-order valence-electron chi connectivity index (χ1n) is 6.49. The maximum atomic E-state index is 12.7. The number of nitrogens with zero attached hydrogens (tertiary/aromatic N) is 1. The summed E-state index contributed by atoms with van der Waals surface area (Å²) in [7, 11) is -0.540.